The average Bonchev–Trinajstić information content (AvgIpc) is 2.54. The number of aromatic nitrogens is 1. The molecule has 5 nitrogen and oxygen atoms in total. The normalized spacial score (nSPS) is 11.5. The first-order chi connectivity index (χ1) is 11.8. The van der Waals surface area contributed by atoms with E-state index in [4.69, 9.17) is 4.74 Å². The fourth-order valence-electron chi connectivity index (χ4n) is 2.40. The summed E-state index contributed by atoms with van der Waals surface area (Å²) in [4.78, 5) is 17.0. The first kappa shape index (κ1) is 18.8. The Balaban J connectivity index is 2.20. The van der Waals surface area contributed by atoms with Gasteiger partial charge in [0.15, 0.2) is 0 Å². The van der Waals surface area contributed by atoms with Crippen LogP contribution in [-0.4, -0.2) is 23.3 Å². The van der Waals surface area contributed by atoms with Gasteiger partial charge in [-0.1, -0.05) is 17.8 Å². The quantitative estimate of drug-likeness (QED) is 0.820. The van der Waals surface area contributed by atoms with Crippen molar-refractivity contribution in [2.45, 2.75) is 38.0 Å². The molecule has 1 aromatic carbocycles. The van der Waals surface area contributed by atoms with Gasteiger partial charge in [-0.15, -0.1) is 0 Å². The lowest BCUT2D eigenvalue weighted by atomic mass is 10.1. The third kappa shape index (κ3) is 4.52. The number of aryl methyl sites for hydroxylation is 3. The second kappa shape index (κ2) is 8.04. The molecule has 0 aliphatic carbocycles. The Kier molecular flexibility index (Phi) is 6.05. The summed E-state index contributed by atoms with van der Waals surface area (Å²) in [5.41, 5.74) is 3.87. The molecule has 0 saturated carbocycles. The van der Waals surface area contributed by atoms with Crippen LogP contribution < -0.4 is 10.1 Å². The first-order valence-corrected chi connectivity index (χ1v) is 8.74. The van der Waals surface area contributed by atoms with E-state index in [1.54, 1.807) is 14.0 Å². The van der Waals surface area contributed by atoms with Gasteiger partial charge >= 0.3 is 0 Å². The van der Waals surface area contributed by atoms with E-state index in [0.717, 1.165) is 16.8 Å². The lowest BCUT2D eigenvalue weighted by Crippen LogP contribution is -2.23. The number of ether oxygens (including phenoxy) is 1. The van der Waals surface area contributed by atoms with Crippen molar-refractivity contribution in [3.8, 4) is 11.8 Å². The van der Waals surface area contributed by atoms with Crippen LogP contribution in [0.5, 0.6) is 5.75 Å². The van der Waals surface area contributed by atoms with Gasteiger partial charge in [0.05, 0.1) is 23.6 Å². The number of methoxy groups -OCH3 is 1. The van der Waals surface area contributed by atoms with Crippen LogP contribution in [0, 0.1) is 32.1 Å². The van der Waals surface area contributed by atoms with Crippen molar-refractivity contribution in [3.63, 3.8) is 0 Å². The maximum Gasteiger partial charge on any atom is 0.237 e. The van der Waals surface area contributed by atoms with Crippen molar-refractivity contribution < 1.29 is 9.53 Å². The van der Waals surface area contributed by atoms with Crippen molar-refractivity contribution in [1.82, 2.24) is 4.98 Å². The highest BCUT2D eigenvalue weighted by Gasteiger charge is 2.20. The number of carbonyl (C=O) groups is 1. The van der Waals surface area contributed by atoms with E-state index >= 15 is 0 Å². The Morgan fingerprint density at radius 1 is 1.32 bits per heavy atom. The molecule has 1 aromatic heterocycles. The van der Waals surface area contributed by atoms with Crippen LogP contribution in [0.3, 0.4) is 0 Å². The number of hydrogen-bond donors (Lipinski definition) is 1. The van der Waals surface area contributed by atoms with E-state index in [0.29, 0.717) is 22.0 Å². The van der Waals surface area contributed by atoms with Gasteiger partial charge in [0.25, 0.3) is 0 Å². The number of hydrogen-bond acceptors (Lipinski definition) is 5. The minimum atomic E-state index is -0.411. The maximum atomic E-state index is 12.6. The van der Waals surface area contributed by atoms with Gasteiger partial charge in [-0.25, -0.2) is 4.98 Å². The van der Waals surface area contributed by atoms with Crippen molar-refractivity contribution in [2.24, 2.45) is 0 Å². The zero-order valence-electron chi connectivity index (χ0n) is 15.0. The summed E-state index contributed by atoms with van der Waals surface area (Å²) in [6, 6.07) is 9.65. The molecule has 0 fully saturated rings. The molecule has 0 saturated heterocycles. The number of pyridine rings is 1. The predicted molar refractivity (Wildman–Crippen MR) is 100 cm³/mol. The smallest absolute Gasteiger partial charge is 0.237 e. The highest BCUT2D eigenvalue weighted by Crippen LogP contribution is 2.30. The molecule has 0 aliphatic heterocycles. The van der Waals surface area contributed by atoms with Crippen molar-refractivity contribution in [3.05, 3.63) is 46.6 Å². The lowest BCUT2D eigenvalue weighted by Gasteiger charge is -2.15. The second-order valence-electron chi connectivity index (χ2n) is 5.83. The SMILES string of the molecule is COc1ccc(C)cc1NC(=O)C(C)Sc1nc(C)cc(C)c1C#N. The predicted octanol–water partition coefficient (Wildman–Crippen LogP) is 4.01. The first-order valence-electron chi connectivity index (χ1n) is 7.86. The van der Waals surface area contributed by atoms with Crippen LogP contribution in [0.25, 0.3) is 0 Å². The van der Waals surface area contributed by atoms with Crippen LogP contribution >= 0.6 is 11.8 Å². The van der Waals surface area contributed by atoms with Gasteiger partial charge < -0.3 is 10.1 Å². The molecule has 0 radical (unpaired) electrons. The number of benzene rings is 1. The zero-order valence-corrected chi connectivity index (χ0v) is 15.8. The molecule has 130 valence electrons. The van der Waals surface area contributed by atoms with Gasteiger partial charge in [-0.2, -0.15) is 5.26 Å². The number of nitrogens with zero attached hydrogens (tertiary/aromatic N) is 2. The summed E-state index contributed by atoms with van der Waals surface area (Å²) in [6.45, 7) is 7.49. The zero-order chi connectivity index (χ0) is 18.6. The number of nitrogens with one attached hydrogen (secondary N) is 1. The Morgan fingerprint density at radius 2 is 2.04 bits per heavy atom. The molecular weight excluding hydrogens is 334 g/mol. The molecule has 6 heteroatoms. The van der Waals surface area contributed by atoms with Crippen LogP contribution in [0.4, 0.5) is 5.69 Å². The Hall–Kier alpha value is -2.52. The highest BCUT2D eigenvalue weighted by molar-refractivity contribution is 8.00. The summed E-state index contributed by atoms with van der Waals surface area (Å²) >= 11 is 1.28. The minimum absolute atomic E-state index is 0.168. The second-order valence-corrected chi connectivity index (χ2v) is 7.16. The topological polar surface area (TPSA) is 75.0 Å². The fraction of sp³-hybridized carbons (Fsp3) is 0.316. The molecule has 1 atom stereocenters. The van der Waals surface area contributed by atoms with Crippen LogP contribution in [-0.2, 0) is 4.79 Å². The summed E-state index contributed by atoms with van der Waals surface area (Å²) < 4.78 is 5.29. The monoisotopic (exact) mass is 355 g/mol. The molecule has 1 amide bonds. The van der Waals surface area contributed by atoms with E-state index in [-0.39, 0.29) is 5.91 Å². The molecule has 2 rings (SSSR count). The molecule has 1 N–H and O–H groups in total. The molecule has 25 heavy (non-hydrogen) atoms. The van der Waals surface area contributed by atoms with E-state index < -0.39 is 5.25 Å². The van der Waals surface area contributed by atoms with Gasteiger partial charge in [0.2, 0.25) is 5.91 Å². The molecule has 0 spiro atoms. The van der Waals surface area contributed by atoms with Gasteiger partial charge in [0.1, 0.15) is 16.8 Å². The van der Waals surface area contributed by atoms with Gasteiger partial charge in [-0.3, -0.25) is 4.79 Å². The summed E-state index contributed by atoms with van der Waals surface area (Å²) in [5, 5.41) is 12.4. The number of nitriles is 1. The van der Waals surface area contributed by atoms with Gasteiger partial charge in [-0.05, 0) is 57.0 Å². The largest absolute Gasteiger partial charge is 0.495 e. The summed E-state index contributed by atoms with van der Waals surface area (Å²) in [7, 11) is 1.57. The van der Waals surface area contributed by atoms with Crippen molar-refractivity contribution in [2.75, 3.05) is 12.4 Å². The molecule has 1 unspecified atom stereocenters. The van der Waals surface area contributed by atoms with Crippen LogP contribution in [0.1, 0.15) is 29.3 Å². The fourth-order valence-corrected chi connectivity index (χ4v) is 3.42. The number of rotatable bonds is 5. The Bertz CT molecular complexity index is 843. The molecule has 2 aromatic rings. The van der Waals surface area contributed by atoms with Gasteiger partial charge in [0, 0.05) is 5.69 Å². The summed E-state index contributed by atoms with van der Waals surface area (Å²) in [6.07, 6.45) is 0. The number of thioether (sulfide) groups is 1. The molecule has 0 bridgehead atoms. The Morgan fingerprint density at radius 3 is 2.68 bits per heavy atom. The standard InChI is InChI=1S/C19H21N3O2S/c1-11-6-7-17(24-5)16(8-11)22-18(23)14(4)25-19-15(10-20)12(2)9-13(3)21-19/h6-9,14H,1-5H3,(H,22,23). The maximum absolute atomic E-state index is 12.6. The van der Waals surface area contributed by atoms with Crippen molar-refractivity contribution in [1.29, 1.82) is 5.26 Å². The van der Waals surface area contributed by atoms with E-state index in [2.05, 4.69) is 16.4 Å². The average molecular weight is 355 g/mol. The molecular formula is C19H21N3O2S. The molecule has 0 aliphatic rings. The Labute approximate surface area is 152 Å². The number of amides is 1. The van der Waals surface area contributed by atoms with E-state index in [9.17, 15) is 10.1 Å². The third-order valence-electron chi connectivity index (χ3n) is 3.69. The van der Waals surface area contributed by atoms with E-state index in [1.165, 1.54) is 11.8 Å². The minimum Gasteiger partial charge on any atom is -0.495 e. The number of anilines is 1. The van der Waals surface area contributed by atoms with Crippen molar-refractivity contribution >= 4 is 23.4 Å². The number of carbonyl (C=O) groups excluding carboxylic acids is 1. The van der Waals surface area contributed by atoms with Crippen LogP contribution in [0.15, 0.2) is 29.3 Å². The lowest BCUT2D eigenvalue weighted by molar-refractivity contribution is -0.115. The molecule has 1 heterocycles. The summed E-state index contributed by atoms with van der Waals surface area (Å²) in [5.74, 6) is 0.442. The highest BCUT2D eigenvalue weighted by atomic mass is 32.2. The third-order valence-corrected chi connectivity index (χ3v) is 4.78. The van der Waals surface area contributed by atoms with E-state index in [1.807, 2.05) is 45.0 Å². The van der Waals surface area contributed by atoms with Crippen LogP contribution in [0.2, 0.25) is 0 Å².